The third-order valence-electron chi connectivity index (χ3n) is 25.5. The molecule has 0 aliphatic heterocycles. The summed E-state index contributed by atoms with van der Waals surface area (Å²) in [6, 6.07) is 32.0. The van der Waals surface area contributed by atoms with Crippen LogP contribution in [0, 0.1) is 47.5 Å². The zero-order chi connectivity index (χ0) is 101. The second-order valence-electron chi connectivity index (χ2n) is 35.8. The molecule has 4 aromatic carbocycles. The van der Waals surface area contributed by atoms with Crippen LogP contribution in [0.2, 0.25) is 0 Å². The SMILES string of the molecule is CCCCn1ncc2c3sc(C)nc3n(C)c2c1=O.CCCOCCn1ncc2c3sc(C)nc3n(C)c2c1=O.COc1cccc(Cn2ncc3c4sc(CC5CCCCC5)nc4n(C)c3c2=O)c1.Cc1ccc(Cn2ncc3c4sc(S(C)=O)nc4n(C)c3c2=O)cc1.Cc1ccc(Cn2ncc3c4sc(S(C)=O)nc4n(C)c3c2=O)cc1.Cc1cccc(Cn2ncc3c4sc(C)nc4n(C)c3c2=O)c1. The van der Waals surface area contributed by atoms with Crippen LogP contribution < -0.4 is 38.1 Å². The van der Waals surface area contributed by atoms with Crippen LogP contribution >= 0.6 is 68.0 Å². The van der Waals surface area contributed by atoms with Crippen LogP contribution in [0.1, 0.15) is 124 Å². The summed E-state index contributed by atoms with van der Waals surface area (Å²) in [6.07, 6.45) is 24.5. The molecule has 1 aliphatic rings. The van der Waals surface area contributed by atoms with E-state index < -0.39 is 21.6 Å². The summed E-state index contributed by atoms with van der Waals surface area (Å²) < 4.78 is 61.2. The van der Waals surface area contributed by atoms with Gasteiger partial charge in [0.15, 0.2) is 42.6 Å². The van der Waals surface area contributed by atoms with Crippen molar-refractivity contribution in [3.05, 3.63) is 255 Å². The number of benzene rings is 4. The van der Waals surface area contributed by atoms with Gasteiger partial charge < -0.3 is 36.9 Å². The number of nitrogens with zero attached hydrogens (tertiary/aromatic N) is 24. The Labute approximate surface area is 847 Å². The average Bonchev–Trinajstić information content (AvgIpc) is 1.60. The van der Waals surface area contributed by atoms with Crippen molar-refractivity contribution in [2.45, 2.75) is 161 Å². The highest BCUT2D eigenvalue weighted by Crippen LogP contribution is 2.39. The topological polar surface area (TPSA) is 369 Å². The van der Waals surface area contributed by atoms with Crippen molar-refractivity contribution in [1.82, 2.24) is 116 Å². The monoisotopic (exact) mass is 2070 g/mol. The summed E-state index contributed by atoms with van der Waals surface area (Å²) in [7, 11) is 10.6. The molecule has 34 nitrogen and oxygen atoms in total. The maximum atomic E-state index is 13.2. The maximum Gasteiger partial charge on any atom is 0.291 e. The number of fused-ring (bicyclic) bond motifs is 18. The molecule has 23 rings (SSSR count). The van der Waals surface area contributed by atoms with Gasteiger partial charge in [-0.05, 0) is 94.7 Å². The quantitative estimate of drug-likeness (QED) is 0.0603. The Kier molecular flexibility index (Phi) is 29.6. The van der Waals surface area contributed by atoms with Crippen LogP contribution in [-0.4, -0.2) is 157 Å². The van der Waals surface area contributed by atoms with Crippen molar-refractivity contribution in [1.29, 1.82) is 0 Å². The fourth-order valence-corrected chi connectivity index (χ4v) is 25.8. The summed E-state index contributed by atoms with van der Waals surface area (Å²) in [5, 5.41) is 35.4. The smallest absolute Gasteiger partial charge is 0.291 e. The Morgan fingerprint density at radius 1 is 0.357 bits per heavy atom. The van der Waals surface area contributed by atoms with Crippen LogP contribution in [-0.2, 0) is 114 Å². The standard InChI is InChI=1S/C23H26N4O2S.2C17H16N4O2S2.C17H16N4OS.C14H18N4O2S.C13H16N4OS/c1-26-20-18(21-22(26)25-19(30-21)12-15-7-4-3-5-8-15)13-24-27(23(20)28)14-16-9-6-10-17(11-16)29-2;2*1-10-4-6-11(7-5-10)9-21-16(22)13-12(8-18-21)14-15(20(13)2)19-17(24-14)25(3)23;1-10-5-4-6-12(7-10)9-21-17(22)14-13(8-18-21)15-16(20(14)3)19-11(2)23-15;1-4-6-20-7-5-18-14(19)11-10(8-15-18)12-13(17(11)3)16-9(2)21-12;1-4-5-6-17-13(18)10-9(7-14-17)11-12(16(10)3)15-8(2)19-11/h6,9-11,13,15H,3-5,7-8,12,14H2,1-2H3;2*4-8H,9H2,1-3H3;4-8H,9H2,1-3H3;8H,4-7H2,1-3H3;7H,4-6H2,1-3H3. The molecule has 42 heteroatoms. The van der Waals surface area contributed by atoms with Crippen LogP contribution in [0.3, 0.4) is 0 Å². The van der Waals surface area contributed by atoms with E-state index in [4.69, 9.17) is 14.5 Å². The highest BCUT2D eigenvalue weighted by molar-refractivity contribution is 7.87. The van der Waals surface area contributed by atoms with E-state index in [1.165, 1.54) is 99.9 Å². The van der Waals surface area contributed by atoms with E-state index >= 15 is 0 Å². The Bertz CT molecular complexity index is 8870. The number of aromatic nitrogens is 24. The van der Waals surface area contributed by atoms with E-state index in [2.05, 4.69) is 75.4 Å². The highest BCUT2D eigenvalue weighted by Gasteiger charge is 2.27. The first-order valence-electron chi connectivity index (χ1n) is 46.9. The van der Waals surface area contributed by atoms with E-state index in [0.717, 1.165) is 158 Å². The lowest BCUT2D eigenvalue weighted by atomic mass is 9.87. The number of methoxy groups -OCH3 is 1. The number of rotatable bonds is 21. The molecule has 0 N–H and O–H groups in total. The molecule has 143 heavy (non-hydrogen) atoms. The van der Waals surface area contributed by atoms with Gasteiger partial charge in [0.1, 0.15) is 38.8 Å². The summed E-state index contributed by atoms with van der Waals surface area (Å²) in [6.45, 7) is 20.3. The molecule has 18 aromatic heterocycles. The van der Waals surface area contributed by atoms with E-state index in [-0.39, 0.29) is 33.4 Å². The van der Waals surface area contributed by atoms with Crippen LogP contribution in [0.4, 0.5) is 0 Å². The second-order valence-corrected chi connectivity index (χ2v) is 45.6. The minimum atomic E-state index is -1.14. The van der Waals surface area contributed by atoms with Gasteiger partial charge >= 0.3 is 0 Å². The molecule has 0 amide bonds. The van der Waals surface area contributed by atoms with E-state index in [1.807, 2.05) is 199 Å². The fourth-order valence-electron chi connectivity index (χ4n) is 18.2. The summed E-state index contributed by atoms with van der Waals surface area (Å²) >= 11 is 9.25. The number of thiazole rings is 6. The van der Waals surface area contributed by atoms with Gasteiger partial charge in [-0.25, -0.2) is 58.0 Å². The molecule has 1 saturated carbocycles. The number of hydrogen-bond acceptors (Lipinski definition) is 28. The number of unbranched alkanes of at least 4 members (excludes halogenated alkanes) is 1. The molecule has 0 radical (unpaired) electrons. The molecule has 2 unspecified atom stereocenters. The lowest BCUT2D eigenvalue weighted by Crippen LogP contribution is -2.26. The summed E-state index contributed by atoms with van der Waals surface area (Å²) in [5.74, 6) is 1.53. The van der Waals surface area contributed by atoms with E-state index in [9.17, 15) is 37.2 Å². The normalized spacial score (nSPS) is 12.9. The highest BCUT2D eigenvalue weighted by atomic mass is 32.2. The Balaban J connectivity index is 0.000000114. The van der Waals surface area contributed by atoms with Crippen molar-refractivity contribution in [3.63, 3.8) is 0 Å². The lowest BCUT2D eigenvalue weighted by Gasteiger charge is -2.20. The van der Waals surface area contributed by atoms with Gasteiger partial charge in [0.25, 0.3) is 33.4 Å². The van der Waals surface area contributed by atoms with Gasteiger partial charge in [-0.2, -0.15) is 30.6 Å². The van der Waals surface area contributed by atoms with E-state index in [0.29, 0.717) is 106 Å². The third-order valence-corrected chi connectivity index (χ3v) is 34.4. The van der Waals surface area contributed by atoms with Gasteiger partial charge in [-0.3, -0.25) is 37.2 Å². The molecule has 2 atom stereocenters. The first-order chi connectivity index (χ1) is 68.8. The number of aryl methyl sites for hydroxylation is 13. The zero-order valence-electron chi connectivity index (χ0n) is 82.4. The van der Waals surface area contributed by atoms with E-state index in [1.54, 1.807) is 110 Å². The lowest BCUT2D eigenvalue weighted by molar-refractivity contribution is 0.123. The fraction of sp³-hybridized carbons (Fsp3) is 0.347. The Morgan fingerprint density at radius 2 is 0.692 bits per heavy atom. The molecule has 1 aliphatic carbocycles. The summed E-state index contributed by atoms with van der Waals surface area (Å²) in [5.41, 5.74) is 15.8. The average molecular weight is 2070 g/mol. The van der Waals surface area contributed by atoms with Gasteiger partial charge in [0.05, 0.1) is 153 Å². The first kappa shape index (κ1) is 99.9. The third kappa shape index (κ3) is 20.1. The number of ether oxygens (including phenoxy) is 2. The van der Waals surface area contributed by atoms with Crippen LogP contribution in [0.15, 0.2) is 172 Å². The predicted molar refractivity (Wildman–Crippen MR) is 577 cm³/mol. The zero-order valence-corrected chi connectivity index (χ0v) is 88.9. The molecule has 740 valence electrons. The maximum absolute atomic E-state index is 13.2. The molecule has 22 aromatic rings. The Hall–Kier alpha value is -13.2. The van der Waals surface area contributed by atoms with Gasteiger partial charge in [0, 0.05) is 107 Å². The van der Waals surface area contributed by atoms with Crippen molar-refractivity contribution < 1.29 is 17.9 Å². The summed E-state index contributed by atoms with van der Waals surface area (Å²) in [4.78, 5) is 104. The van der Waals surface area contributed by atoms with Crippen LogP contribution in [0.5, 0.6) is 5.75 Å². The molecule has 0 spiro atoms. The van der Waals surface area contributed by atoms with Crippen molar-refractivity contribution in [3.8, 4) is 5.75 Å². The predicted octanol–water partition coefficient (Wildman–Crippen LogP) is 16.9. The molecule has 0 saturated heterocycles. The van der Waals surface area contributed by atoms with Gasteiger partial charge in [-0.1, -0.05) is 154 Å². The minimum absolute atomic E-state index is 0.0173. The number of hydrogen-bond donors (Lipinski definition) is 0. The molecular weight excluding hydrogens is 1970 g/mol. The molecule has 1 fully saturated rings. The van der Waals surface area contributed by atoms with Crippen LogP contribution in [0.25, 0.3) is 128 Å². The second kappa shape index (κ2) is 42.4. The molecule has 0 bridgehead atoms. The van der Waals surface area contributed by atoms with Gasteiger partial charge in [-0.15, -0.1) is 68.0 Å². The minimum Gasteiger partial charge on any atom is -0.497 e. The van der Waals surface area contributed by atoms with Crippen molar-refractivity contribution in [2.24, 2.45) is 48.2 Å². The Morgan fingerprint density at radius 3 is 1.06 bits per heavy atom. The molecule has 18 heterocycles. The first-order valence-corrected chi connectivity index (χ1v) is 54.9. The van der Waals surface area contributed by atoms with Crippen molar-refractivity contribution in [2.75, 3.05) is 32.8 Å². The largest absolute Gasteiger partial charge is 0.497 e. The molecular formula is C101H108N24O10S8. The van der Waals surface area contributed by atoms with Crippen molar-refractivity contribution >= 4 is 217 Å². The van der Waals surface area contributed by atoms with Gasteiger partial charge in [0.2, 0.25) is 0 Å².